The van der Waals surface area contributed by atoms with E-state index in [1.54, 1.807) is 6.07 Å². The summed E-state index contributed by atoms with van der Waals surface area (Å²) in [5, 5.41) is 6.37. The summed E-state index contributed by atoms with van der Waals surface area (Å²) in [4.78, 5) is 28.0. The molecule has 3 rings (SSSR count). The van der Waals surface area contributed by atoms with Gasteiger partial charge in [-0.15, -0.1) is 0 Å². The number of nitrogens with zero attached hydrogens (tertiary/aromatic N) is 1. The number of aryl methyl sites for hydroxylation is 1. The van der Waals surface area contributed by atoms with Crippen molar-refractivity contribution in [2.24, 2.45) is 5.73 Å². The molecule has 4 N–H and O–H groups in total. The second-order valence-corrected chi connectivity index (χ2v) is 7.47. The van der Waals surface area contributed by atoms with E-state index in [0.29, 0.717) is 5.82 Å². The highest BCUT2D eigenvalue weighted by molar-refractivity contribution is 5.95. The van der Waals surface area contributed by atoms with Gasteiger partial charge in [0.25, 0.3) is 5.91 Å². The smallest absolute Gasteiger partial charge is 0.407 e. The van der Waals surface area contributed by atoms with Gasteiger partial charge in [0.05, 0.1) is 7.11 Å². The van der Waals surface area contributed by atoms with E-state index < -0.39 is 5.91 Å². The Morgan fingerprint density at radius 1 is 1.13 bits per heavy atom. The van der Waals surface area contributed by atoms with Gasteiger partial charge in [0.15, 0.2) is 0 Å². The first-order valence-corrected chi connectivity index (χ1v) is 10.1. The van der Waals surface area contributed by atoms with Crippen LogP contribution < -0.4 is 21.1 Å². The Morgan fingerprint density at radius 3 is 2.43 bits per heavy atom. The molecule has 0 saturated heterocycles. The minimum Gasteiger partial charge on any atom is -0.480 e. The Kier molecular flexibility index (Phi) is 7.11. The van der Waals surface area contributed by atoms with E-state index in [1.165, 1.54) is 7.11 Å². The van der Waals surface area contributed by atoms with Gasteiger partial charge in [-0.1, -0.05) is 30.3 Å². The normalized spacial score (nSPS) is 18.3. The molecule has 1 aliphatic carbocycles. The number of carbonyl (C=O) groups is 2. The first-order chi connectivity index (χ1) is 14.5. The molecule has 0 atom stereocenters. The van der Waals surface area contributed by atoms with Gasteiger partial charge in [-0.25, -0.2) is 4.79 Å². The molecule has 1 heterocycles. The molecule has 2 amide bonds. The zero-order chi connectivity index (χ0) is 21.5. The number of hydrogen-bond acceptors (Lipinski definition) is 6. The number of pyridine rings is 1. The number of nitrogens with one attached hydrogen (secondary N) is 2. The van der Waals surface area contributed by atoms with E-state index in [9.17, 15) is 9.59 Å². The van der Waals surface area contributed by atoms with Crippen molar-refractivity contribution in [2.75, 3.05) is 12.4 Å². The molecule has 1 saturated carbocycles. The lowest BCUT2D eigenvalue weighted by Gasteiger charge is -2.30. The third-order valence-corrected chi connectivity index (χ3v) is 5.24. The van der Waals surface area contributed by atoms with Crippen LogP contribution in [0, 0.1) is 6.92 Å². The van der Waals surface area contributed by atoms with Crippen molar-refractivity contribution in [3.63, 3.8) is 0 Å². The highest BCUT2D eigenvalue weighted by atomic mass is 16.5. The third-order valence-electron chi connectivity index (χ3n) is 5.24. The number of ether oxygens (including phenoxy) is 2. The van der Waals surface area contributed by atoms with Crippen molar-refractivity contribution in [2.45, 2.75) is 51.3 Å². The zero-order valence-corrected chi connectivity index (χ0v) is 17.3. The Bertz CT molecular complexity index is 880. The third kappa shape index (κ3) is 5.62. The fourth-order valence-corrected chi connectivity index (χ4v) is 3.58. The van der Waals surface area contributed by atoms with Crippen molar-refractivity contribution in [1.29, 1.82) is 0 Å². The first kappa shape index (κ1) is 21.4. The quantitative estimate of drug-likeness (QED) is 0.643. The minimum absolute atomic E-state index is 0.0900. The Morgan fingerprint density at radius 2 is 1.80 bits per heavy atom. The number of nitrogens with two attached hydrogens (primary N) is 1. The first-order valence-electron chi connectivity index (χ1n) is 10.1. The summed E-state index contributed by atoms with van der Waals surface area (Å²) in [6, 6.07) is 11.6. The van der Waals surface area contributed by atoms with Crippen LogP contribution in [-0.2, 0) is 11.3 Å². The van der Waals surface area contributed by atoms with E-state index in [0.717, 1.165) is 36.8 Å². The van der Waals surface area contributed by atoms with Crippen LogP contribution in [-0.4, -0.2) is 36.2 Å². The summed E-state index contributed by atoms with van der Waals surface area (Å²) < 4.78 is 10.5. The predicted molar refractivity (Wildman–Crippen MR) is 113 cm³/mol. The molecule has 0 unspecified atom stereocenters. The van der Waals surface area contributed by atoms with E-state index in [2.05, 4.69) is 15.6 Å². The number of anilines is 1. The number of carbonyl (C=O) groups excluding carboxylic acids is 2. The van der Waals surface area contributed by atoms with E-state index in [-0.39, 0.29) is 36.2 Å². The molecule has 30 heavy (non-hydrogen) atoms. The van der Waals surface area contributed by atoms with E-state index >= 15 is 0 Å². The van der Waals surface area contributed by atoms with Gasteiger partial charge < -0.3 is 25.8 Å². The van der Waals surface area contributed by atoms with Crippen LogP contribution in [0.2, 0.25) is 0 Å². The molecule has 8 nitrogen and oxygen atoms in total. The molecule has 1 aliphatic rings. The number of primary amides is 1. The Balaban J connectivity index is 1.47. The minimum atomic E-state index is -0.570. The summed E-state index contributed by atoms with van der Waals surface area (Å²) >= 11 is 0. The van der Waals surface area contributed by atoms with Crippen molar-refractivity contribution in [3.8, 4) is 5.88 Å². The number of alkyl carbamates (subject to hydrolysis) is 1. The molecular formula is C22H28N4O4. The molecule has 0 aliphatic heterocycles. The van der Waals surface area contributed by atoms with Crippen molar-refractivity contribution in [1.82, 2.24) is 10.3 Å². The van der Waals surface area contributed by atoms with Crippen LogP contribution in [0.15, 0.2) is 36.4 Å². The van der Waals surface area contributed by atoms with Crippen molar-refractivity contribution < 1.29 is 19.1 Å². The molecule has 0 bridgehead atoms. The molecule has 8 heteroatoms. The number of aromatic nitrogens is 1. The average molecular weight is 412 g/mol. The number of hydrogen-bond donors (Lipinski definition) is 3. The zero-order valence-electron chi connectivity index (χ0n) is 17.3. The maximum absolute atomic E-state index is 12.0. The summed E-state index contributed by atoms with van der Waals surface area (Å²) in [5.74, 6) is 0.322. The van der Waals surface area contributed by atoms with Crippen LogP contribution in [0.5, 0.6) is 5.88 Å². The fraction of sp³-hybridized carbons (Fsp3) is 0.409. The van der Waals surface area contributed by atoms with Gasteiger partial charge >= 0.3 is 6.09 Å². The lowest BCUT2D eigenvalue weighted by Crippen LogP contribution is -2.40. The molecule has 0 radical (unpaired) electrons. The van der Waals surface area contributed by atoms with Crippen LogP contribution in [0.4, 0.5) is 10.6 Å². The number of amides is 2. The summed E-state index contributed by atoms with van der Waals surface area (Å²) in [5.41, 5.74) is 7.43. The highest BCUT2D eigenvalue weighted by Gasteiger charge is 2.24. The standard InChI is InChI=1S/C22H28N4O4/c1-14-12-18(19(23)27)21(29-2)26-20(14)24-16-8-10-17(11-9-16)25-22(28)30-13-15-6-4-3-5-7-15/h3-7,12,16-17H,8-11,13H2,1-2H3,(H2,23,27)(H,24,26)(H,25,28). The number of methoxy groups -OCH3 is 1. The van der Waals surface area contributed by atoms with Gasteiger partial charge in [0.1, 0.15) is 18.0 Å². The molecular weight excluding hydrogens is 384 g/mol. The fourth-order valence-electron chi connectivity index (χ4n) is 3.58. The van der Waals surface area contributed by atoms with Crippen LogP contribution in [0.25, 0.3) is 0 Å². The van der Waals surface area contributed by atoms with Crippen molar-refractivity contribution in [3.05, 3.63) is 53.1 Å². The summed E-state index contributed by atoms with van der Waals surface area (Å²) in [7, 11) is 1.46. The van der Waals surface area contributed by atoms with Gasteiger partial charge in [-0.2, -0.15) is 4.98 Å². The Hall–Kier alpha value is -3.29. The van der Waals surface area contributed by atoms with Gasteiger partial charge in [-0.3, -0.25) is 4.79 Å². The molecule has 160 valence electrons. The second kappa shape index (κ2) is 9.96. The lowest BCUT2D eigenvalue weighted by molar-refractivity contribution is 0.0996. The summed E-state index contributed by atoms with van der Waals surface area (Å²) in [6.07, 6.45) is 3.05. The topological polar surface area (TPSA) is 116 Å². The van der Waals surface area contributed by atoms with E-state index in [1.807, 2.05) is 37.3 Å². The summed E-state index contributed by atoms with van der Waals surface area (Å²) in [6.45, 7) is 2.13. The van der Waals surface area contributed by atoms with Gasteiger partial charge in [0.2, 0.25) is 5.88 Å². The van der Waals surface area contributed by atoms with Gasteiger partial charge in [-0.05, 0) is 49.8 Å². The molecule has 0 spiro atoms. The van der Waals surface area contributed by atoms with Crippen molar-refractivity contribution >= 4 is 17.8 Å². The van der Waals surface area contributed by atoms with Crippen LogP contribution >= 0.6 is 0 Å². The monoisotopic (exact) mass is 412 g/mol. The largest absolute Gasteiger partial charge is 0.480 e. The maximum Gasteiger partial charge on any atom is 0.407 e. The Labute approximate surface area is 176 Å². The van der Waals surface area contributed by atoms with Gasteiger partial charge in [0, 0.05) is 12.1 Å². The molecule has 1 fully saturated rings. The van der Waals surface area contributed by atoms with Crippen LogP contribution in [0.1, 0.15) is 47.2 Å². The second-order valence-electron chi connectivity index (χ2n) is 7.47. The number of rotatable bonds is 7. The lowest BCUT2D eigenvalue weighted by atomic mass is 9.91. The molecule has 1 aromatic carbocycles. The molecule has 1 aromatic heterocycles. The SMILES string of the molecule is COc1nc(NC2CCC(NC(=O)OCc3ccccc3)CC2)c(C)cc1C(N)=O. The van der Waals surface area contributed by atoms with E-state index in [4.69, 9.17) is 15.2 Å². The molecule has 2 aromatic rings. The predicted octanol–water partition coefficient (Wildman–Crippen LogP) is 3.15. The van der Waals surface area contributed by atoms with Crippen LogP contribution in [0.3, 0.4) is 0 Å². The maximum atomic E-state index is 12.0. The highest BCUT2D eigenvalue weighted by Crippen LogP contribution is 2.26. The number of benzene rings is 1. The average Bonchev–Trinajstić information content (AvgIpc) is 2.75.